The summed E-state index contributed by atoms with van der Waals surface area (Å²) >= 11 is 0. The molecule has 0 aromatic heterocycles. The van der Waals surface area contributed by atoms with E-state index in [0.29, 0.717) is 16.9 Å². The number of nitrogens with two attached hydrogens (primary N) is 1. The minimum atomic E-state index is -0.624. The van der Waals surface area contributed by atoms with Gasteiger partial charge in [0.25, 0.3) is 0 Å². The van der Waals surface area contributed by atoms with E-state index in [1.165, 1.54) is 21.3 Å². The summed E-state index contributed by atoms with van der Waals surface area (Å²) in [6.45, 7) is 0. The van der Waals surface area contributed by atoms with Crippen molar-refractivity contribution in [3.63, 3.8) is 0 Å². The van der Waals surface area contributed by atoms with Crippen LogP contribution in [0, 0.1) is 0 Å². The van der Waals surface area contributed by atoms with E-state index in [0.717, 1.165) is 0 Å². The molecule has 0 spiro atoms. The van der Waals surface area contributed by atoms with E-state index < -0.39 is 11.9 Å². The fourth-order valence-electron chi connectivity index (χ4n) is 2.21. The zero-order valence-corrected chi connectivity index (χ0v) is 11.9. The van der Waals surface area contributed by atoms with Crippen molar-refractivity contribution in [2.24, 2.45) is 0 Å². The van der Waals surface area contributed by atoms with Crippen molar-refractivity contribution < 1.29 is 23.8 Å². The highest BCUT2D eigenvalue weighted by Gasteiger charge is 2.30. The molecule has 2 aliphatic carbocycles. The number of ether oxygens (including phenoxy) is 3. The van der Waals surface area contributed by atoms with Crippen LogP contribution in [0.15, 0.2) is 24.3 Å². The quantitative estimate of drug-likeness (QED) is 0.869. The minimum absolute atomic E-state index is 0.0388. The molecule has 0 aromatic carbocycles. The Hall–Kier alpha value is -2.76. The molecule has 0 unspecified atom stereocenters. The Balaban J connectivity index is 2.84. The summed E-state index contributed by atoms with van der Waals surface area (Å²) in [5, 5.41) is 0. The highest BCUT2D eigenvalue weighted by molar-refractivity contribution is 6.15. The second-order valence-corrected chi connectivity index (χ2v) is 4.25. The first-order valence-electron chi connectivity index (χ1n) is 6.11. The summed E-state index contributed by atoms with van der Waals surface area (Å²) in [4.78, 5) is 23.9. The molecule has 0 radical (unpaired) electrons. The van der Waals surface area contributed by atoms with Gasteiger partial charge in [-0.2, -0.15) is 0 Å². The van der Waals surface area contributed by atoms with E-state index in [4.69, 9.17) is 19.9 Å². The minimum Gasteiger partial charge on any atom is -0.497 e. The number of carbonyl (C=O) groups excluding carboxylic acids is 2. The Bertz CT molecular complexity index is 680. The number of anilines is 1. The van der Waals surface area contributed by atoms with Gasteiger partial charge in [0, 0.05) is 5.56 Å². The number of carbonyl (C=O) groups is 2. The van der Waals surface area contributed by atoms with Crippen LogP contribution < -0.4 is 10.5 Å². The molecule has 6 nitrogen and oxygen atoms in total. The van der Waals surface area contributed by atoms with E-state index in [1.807, 2.05) is 0 Å². The lowest BCUT2D eigenvalue weighted by Gasteiger charge is -2.01. The summed E-state index contributed by atoms with van der Waals surface area (Å²) in [5.41, 5.74) is 7.25. The molecule has 2 rings (SSSR count). The van der Waals surface area contributed by atoms with Crippen LogP contribution in [0.4, 0.5) is 5.69 Å². The molecule has 0 heterocycles. The van der Waals surface area contributed by atoms with Gasteiger partial charge in [-0.3, -0.25) is 0 Å². The van der Waals surface area contributed by atoms with Gasteiger partial charge in [-0.1, -0.05) is 12.1 Å². The summed E-state index contributed by atoms with van der Waals surface area (Å²) < 4.78 is 14.7. The Kier molecular flexibility index (Phi) is 3.98. The van der Waals surface area contributed by atoms with Gasteiger partial charge in [0.15, 0.2) is 0 Å². The number of fused-ring (bicyclic) bond motifs is 1. The molecule has 0 atom stereocenters. The molecule has 21 heavy (non-hydrogen) atoms. The smallest absolute Gasteiger partial charge is 0.340 e. The Morgan fingerprint density at radius 3 is 2.05 bits per heavy atom. The summed E-state index contributed by atoms with van der Waals surface area (Å²) in [6.07, 6.45) is 0. The van der Waals surface area contributed by atoms with Crippen molar-refractivity contribution in [1.29, 1.82) is 0 Å². The van der Waals surface area contributed by atoms with Gasteiger partial charge < -0.3 is 19.9 Å². The molecule has 2 aliphatic rings. The predicted molar refractivity (Wildman–Crippen MR) is 76.7 cm³/mol. The van der Waals surface area contributed by atoms with Crippen molar-refractivity contribution in [3.8, 4) is 16.9 Å². The number of hydrogen-bond donors (Lipinski definition) is 1. The normalized spacial score (nSPS) is 10.2. The maximum Gasteiger partial charge on any atom is 0.340 e. The largest absolute Gasteiger partial charge is 0.497 e. The lowest BCUT2D eigenvalue weighted by atomic mass is 10.1. The molecule has 0 saturated heterocycles. The third-order valence-corrected chi connectivity index (χ3v) is 3.19. The highest BCUT2D eigenvalue weighted by Crippen LogP contribution is 2.40. The lowest BCUT2D eigenvalue weighted by Crippen LogP contribution is -2.07. The first-order valence-corrected chi connectivity index (χ1v) is 6.11. The Morgan fingerprint density at radius 2 is 1.52 bits per heavy atom. The first-order chi connectivity index (χ1) is 10.0. The average Bonchev–Trinajstić information content (AvgIpc) is 2.64. The topological polar surface area (TPSA) is 87.8 Å². The number of esters is 2. The van der Waals surface area contributed by atoms with Gasteiger partial charge in [0.1, 0.15) is 5.75 Å². The summed E-state index contributed by atoms with van der Waals surface area (Å²) in [6, 6.07) is 6.71. The van der Waals surface area contributed by atoms with E-state index >= 15 is 0 Å². The van der Waals surface area contributed by atoms with Crippen molar-refractivity contribution in [2.75, 3.05) is 27.1 Å². The second kappa shape index (κ2) is 5.70. The molecule has 0 aromatic rings. The standard InChI is InChI=1S/C15H15NO5/c1-19-8-5-4-6-9-10(7-8)12(15(18)21-3)13(16)11(9)14(17)20-2/h4-7H,16H2,1-3H3. The van der Waals surface area contributed by atoms with E-state index in [1.54, 1.807) is 24.3 Å². The first kappa shape index (κ1) is 14.6. The van der Waals surface area contributed by atoms with Crippen LogP contribution in [-0.4, -0.2) is 33.3 Å². The van der Waals surface area contributed by atoms with Crippen LogP contribution in [0.1, 0.15) is 20.7 Å². The van der Waals surface area contributed by atoms with Gasteiger partial charge in [0.05, 0.1) is 38.1 Å². The van der Waals surface area contributed by atoms with Gasteiger partial charge in [-0.05, 0) is 17.7 Å². The monoisotopic (exact) mass is 289 g/mol. The molecule has 0 fully saturated rings. The average molecular weight is 289 g/mol. The summed E-state index contributed by atoms with van der Waals surface area (Å²) in [7, 11) is 4.01. The van der Waals surface area contributed by atoms with Gasteiger partial charge in [-0.25, -0.2) is 9.59 Å². The molecular formula is C15H15NO5. The molecule has 6 heteroatoms. The number of methoxy groups -OCH3 is 3. The van der Waals surface area contributed by atoms with Crippen LogP contribution in [0.3, 0.4) is 0 Å². The molecule has 0 aliphatic heterocycles. The lowest BCUT2D eigenvalue weighted by molar-refractivity contribution is 0.0600. The van der Waals surface area contributed by atoms with Crippen LogP contribution in [0.5, 0.6) is 5.75 Å². The fraction of sp³-hybridized carbons (Fsp3) is 0.200. The number of rotatable bonds is 3. The molecular weight excluding hydrogens is 274 g/mol. The molecule has 0 bridgehead atoms. The third-order valence-electron chi connectivity index (χ3n) is 3.19. The zero-order valence-electron chi connectivity index (χ0n) is 11.9. The molecule has 0 amide bonds. The van der Waals surface area contributed by atoms with E-state index in [9.17, 15) is 9.59 Å². The molecule has 110 valence electrons. The van der Waals surface area contributed by atoms with Crippen LogP contribution in [-0.2, 0) is 9.47 Å². The Morgan fingerprint density at radius 1 is 0.952 bits per heavy atom. The predicted octanol–water partition coefficient (Wildman–Crippen LogP) is 1.96. The SMILES string of the molecule is COC(=O)c1c2cccc(OC)cc-2c(C(=O)OC)c1N. The van der Waals surface area contributed by atoms with Gasteiger partial charge in [0.2, 0.25) is 0 Å². The maximum absolute atomic E-state index is 12.0. The Labute approximate surface area is 121 Å². The van der Waals surface area contributed by atoms with Gasteiger partial charge in [-0.15, -0.1) is 0 Å². The number of hydrogen-bond acceptors (Lipinski definition) is 6. The van der Waals surface area contributed by atoms with Crippen molar-refractivity contribution >= 4 is 17.6 Å². The van der Waals surface area contributed by atoms with Gasteiger partial charge >= 0.3 is 11.9 Å². The van der Waals surface area contributed by atoms with Crippen molar-refractivity contribution in [3.05, 3.63) is 35.4 Å². The highest BCUT2D eigenvalue weighted by atomic mass is 16.5. The maximum atomic E-state index is 12.0. The van der Waals surface area contributed by atoms with Crippen LogP contribution >= 0.6 is 0 Å². The van der Waals surface area contributed by atoms with Crippen molar-refractivity contribution in [2.45, 2.75) is 0 Å². The molecule has 2 N–H and O–H groups in total. The van der Waals surface area contributed by atoms with Crippen LogP contribution in [0.25, 0.3) is 11.1 Å². The van der Waals surface area contributed by atoms with E-state index in [-0.39, 0.29) is 16.8 Å². The van der Waals surface area contributed by atoms with E-state index in [2.05, 4.69) is 0 Å². The fourth-order valence-corrected chi connectivity index (χ4v) is 2.21. The number of nitrogen functional groups attached to an aromatic ring is 1. The second-order valence-electron chi connectivity index (χ2n) is 4.25. The van der Waals surface area contributed by atoms with Crippen LogP contribution in [0.2, 0.25) is 0 Å². The third kappa shape index (κ3) is 2.35. The molecule has 0 saturated carbocycles. The van der Waals surface area contributed by atoms with Crippen molar-refractivity contribution in [1.82, 2.24) is 0 Å². The summed E-state index contributed by atoms with van der Waals surface area (Å²) in [5.74, 6) is -0.713. The zero-order chi connectivity index (χ0) is 15.6.